The van der Waals surface area contributed by atoms with Crippen LogP contribution in [0.25, 0.3) is 0 Å². The van der Waals surface area contributed by atoms with Crippen LogP contribution in [0.15, 0.2) is 4.90 Å². The molecule has 120 valence electrons. The number of hydrogen-bond donors (Lipinski definition) is 2. The number of sulfone groups is 2. The van der Waals surface area contributed by atoms with E-state index < -0.39 is 25.7 Å². The van der Waals surface area contributed by atoms with Gasteiger partial charge in [0.25, 0.3) is 0 Å². The lowest BCUT2D eigenvalue weighted by Crippen LogP contribution is -2.15. The molecule has 0 aromatic carbocycles. The molecule has 0 spiro atoms. The number of nitrogens with one attached hydrogen (secondary N) is 1. The van der Waals surface area contributed by atoms with Crippen LogP contribution in [0, 0.1) is 0 Å². The van der Waals surface area contributed by atoms with Crippen LogP contribution in [0.3, 0.4) is 0 Å². The lowest BCUT2D eigenvalue weighted by Gasteiger charge is -2.10. The summed E-state index contributed by atoms with van der Waals surface area (Å²) in [7, 11) is -6.68. The van der Waals surface area contributed by atoms with E-state index in [1.54, 1.807) is 0 Å². The minimum Gasteiger partial charge on any atom is -0.383 e. The van der Waals surface area contributed by atoms with Crippen molar-refractivity contribution in [3.63, 3.8) is 0 Å². The number of rotatable bonds is 4. The summed E-state index contributed by atoms with van der Waals surface area (Å²) in [5, 5.41) is 7.15. The molecule has 1 unspecified atom stereocenters. The van der Waals surface area contributed by atoms with Crippen molar-refractivity contribution in [3.8, 4) is 0 Å². The lowest BCUT2D eigenvalue weighted by molar-refractivity contribution is 0.507. The first-order chi connectivity index (χ1) is 9.51. The van der Waals surface area contributed by atoms with Gasteiger partial charge in [-0.3, -0.25) is 0 Å². The number of nitrogens with zero attached hydrogens (tertiary/aromatic N) is 2. The maximum absolute atomic E-state index is 11.9. The first kappa shape index (κ1) is 16.1. The van der Waals surface area contributed by atoms with Gasteiger partial charge in [0.2, 0.25) is 0 Å². The van der Waals surface area contributed by atoms with Crippen LogP contribution >= 0.6 is 0 Å². The second kappa shape index (κ2) is 5.16. The highest BCUT2D eigenvalue weighted by Crippen LogP contribution is 2.33. The molecule has 0 radical (unpaired) electrons. The molecular formula is C11H20N4O4S2. The molecule has 1 saturated heterocycles. The predicted molar refractivity (Wildman–Crippen MR) is 80.8 cm³/mol. The van der Waals surface area contributed by atoms with Gasteiger partial charge in [-0.2, -0.15) is 5.10 Å². The quantitative estimate of drug-likeness (QED) is 0.796. The van der Waals surface area contributed by atoms with E-state index in [2.05, 4.69) is 10.4 Å². The molecule has 0 aliphatic carbocycles. The van der Waals surface area contributed by atoms with E-state index in [-0.39, 0.29) is 34.1 Å². The molecule has 0 saturated carbocycles. The fraction of sp³-hybridized carbons (Fsp3) is 0.727. The fourth-order valence-electron chi connectivity index (χ4n) is 2.41. The van der Waals surface area contributed by atoms with Gasteiger partial charge in [0.05, 0.1) is 17.5 Å². The molecule has 1 aromatic rings. The van der Waals surface area contributed by atoms with Gasteiger partial charge < -0.3 is 11.1 Å². The zero-order chi connectivity index (χ0) is 16.0. The van der Waals surface area contributed by atoms with Crippen LogP contribution in [-0.4, -0.2) is 50.4 Å². The van der Waals surface area contributed by atoms with Gasteiger partial charge in [-0.25, -0.2) is 21.5 Å². The highest BCUT2D eigenvalue weighted by molar-refractivity contribution is 7.91. The van der Waals surface area contributed by atoms with Crippen molar-refractivity contribution in [1.29, 1.82) is 0 Å². The van der Waals surface area contributed by atoms with Gasteiger partial charge in [-0.05, 0) is 20.3 Å². The molecule has 21 heavy (non-hydrogen) atoms. The average Bonchev–Trinajstić information content (AvgIpc) is 2.77. The van der Waals surface area contributed by atoms with Crippen molar-refractivity contribution >= 4 is 31.3 Å². The van der Waals surface area contributed by atoms with Crippen molar-refractivity contribution in [2.75, 3.05) is 28.8 Å². The Bertz CT molecular complexity index is 749. The molecule has 1 aromatic heterocycles. The molecule has 2 rings (SSSR count). The number of nitrogens with two attached hydrogens (primary N) is 1. The average molecular weight is 336 g/mol. The Balaban J connectivity index is 2.52. The second-order valence-corrected chi connectivity index (χ2v) is 9.82. The summed E-state index contributed by atoms with van der Waals surface area (Å²) in [6.07, 6.45) is 1.44. The van der Waals surface area contributed by atoms with Crippen molar-refractivity contribution in [2.45, 2.75) is 37.2 Å². The number of nitrogen functional groups attached to an aromatic ring is 1. The molecule has 1 aliphatic heterocycles. The minimum atomic E-state index is -3.57. The maximum Gasteiger partial charge on any atom is 0.182 e. The van der Waals surface area contributed by atoms with Crippen LogP contribution in [0.2, 0.25) is 0 Å². The molecule has 10 heteroatoms. The fourth-order valence-corrected chi connectivity index (χ4v) is 5.03. The number of anilines is 2. The Labute approximate surface area is 124 Å². The topological polar surface area (TPSA) is 124 Å². The van der Waals surface area contributed by atoms with Gasteiger partial charge in [0.1, 0.15) is 5.82 Å². The SMILES string of the molecule is CC(C)Nc1nn(C2CCS(=O)(=O)C2)c(N)c1S(C)(=O)=O. The molecular weight excluding hydrogens is 316 g/mol. The molecule has 2 heterocycles. The number of hydrogen-bond acceptors (Lipinski definition) is 7. The smallest absolute Gasteiger partial charge is 0.182 e. The molecule has 3 N–H and O–H groups in total. The standard InChI is InChI=1S/C11H20N4O4S2/c1-7(2)13-11-9(20(3,16)17)10(12)15(14-11)8-4-5-21(18,19)6-8/h7-8H,4-6,12H2,1-3H3,(H,13,14). The molecule has 1 atom stereocenters. The zero-order valence-corrected chi connectivity index (χ0v) is 13.8. The van der Waals surface area contributed by atoms with Crippen molar-refractivity contribution in [1.82, 2.24) is 9.78 Å². The first-order valence-electron chi connectivity index (χ1n) is 6.56. The van der Waals surface area contributed by atoms with Gasteiger partial charge in [0.15, 0.2) is 30.4 Å². The Hall–Kier alpha value is -1.29. The van der Waals surface area contributed by atoms with E-state index in [0.717, 1.165) is 6.26 Å². The third-order valence-corrected chi connectivity index (χ3v) is 6.15. The third-order valence-electron chi connectivity index (χ3n) is 3.25. The van der Waals surface area contributed by atoms with E-state index in [1.165, 1.54) is 4.68 Å². The van der Waals surface area contributed by atoms with E-state index in [9.17, 15) is 16.8 Å². The highest BCUT2D eigenvalue weighted by Gasteiger charge is 2.34. The van der Waals surface area contributed by atoms with Gasteiger partial charge in [0, 0.05) is 12.3 Å². The van der Waals surface area contributed by atoms with Crippen molar-refractivity contribution in [3.05, 3.63) is 0 Å². The third kappa shape index (κ3) is 3.31. The largest absolute Gasteiger partial charge is 0.383 e. The van der Waals surface area contributed by atoms with E-state index in [1.807, 2.05) is 13.8 Å². The monoisotopic (exact) mass is 336 g/mol. The Morgan fingerprint density at radius 3 is 2.48 bits per heavy atom. The maximum atomic E-state index is 11.9. The summed E-state index contributed by atoms with van der Waals surface area (Å²) in [6.45, 7) is 3.70. The van der Waals surface area contributed by atoms with Crippen molar-refractivity contribution < 1.29 is 16.8 Å². The van der Waals surface area contributed by atoms with Gasteiger partial charge in [-0.1, -0.05) is 0 Å². The van der Waals surface area contributed by atoms with E-state index in [4.69, 9.17) is 5.73 Å². The van der Waals surface area contributed by atoms with Crippen LogP contribution in [0.5, 0.6) is 0 Å². The van der Waals surface area contributed by atoms with Gasteiger partial charge in [-0.15, -0.1) is 0 Å². The second-order valence-electron chi connectivity index (χ2n) is 5.64. The van der Waals surface area contributed by atoms with Crippen LogP contribution in [0.1, 0.15) is 26.3 Å². The molecule has 1 aliphatic rings. The van der Waals surface area contributed by atoms with Crippen LogP contribution in [0.4, 0.5) is 11.6 Å². The zero-order valence-electron chi connectivity index (χ0n) is 12.2. The van der Waals surface area contributed by atoms with Crippen molar-refractivity contribution in [2.24, 2.45) is 0 Å². The Morgan fingerprint density at radius 2 is 2.05 bits per heavy atom. The molecule has 8 nitrogen and oxygen atoms in total. The van der Waals surface area contributed by atoms with Crippen LogP contribution in [-0.2, 0) is 19.7 Å². The molecule has 0 bridgehead atoms. The van der Waals surface area contributed by atoms with Gasteiger partial charge >= 0.3 is 0 Å². The minimum absolute atomic E-state index is 0.0113. The normalized spacial score (nSPS) is 21.8. The molecule has 0 amide bonds. The first-order valence-corrected chi connectivity index (χ1v) is 10.3. The highest BCUT2D eigenvalue weighted by atomic mass is 32.2. The predicted octanol–water partition coefficient (Wildman–Crippen LogP) is 0.0487. The Morgan fingerprint density at radius 1 is 1.43 bits per heavy atom. The summed E-state index contributed by atoms with van der Waals surface area (Å²) in [6, 6.07) is -0.446. The number of aromatic nitrogens is 2. The summed E-state index contributed by atoms with van der Waals surface area (Å²) in [5.41, 5.74) is 5.92. The van der Waals surface area contributed by atoms with E-state index >= 15 is 0 Å². The summed E-state index contributed by atoms with van der Waals surface area (Å²) < 4.78 is 48.3. The molecule has 1 fully saturated rings. The van der Waals surface area contributed by atoms with Crippen LogP contribution < -0.4 is 11.1 Å². The Kier molecular flexibility index (Phi) is 3.96. The van der Waals surface area contributed by atoms with E-state index in [0.29, 0.717) is 6.42 Å². The summed E-state index contributed by atoms with van der Waals surface area (Å²) in [4.78, 5) is -0.0690. The summed E-state index contributed by atoms with van der Waals surface area (Å²) in [5.74, 6) is 0.165. The summed E-state index contributed by atoms with van der Waals surface area (Å²) >= 11 is 0. The lowest BCUT2D eigenvalue weighted by atomic mass is 10.3.